The van der Waals surface area contributed by atoms with Crippen LogP contribution in [0.1, 0.15) is 32.6 Å². The fourth-order valence-electron chi connectivity index (χ4n) is 2.65. The molecule has 6 heteroatoms. The van der Waals surface area contributed by atoms with Gasteiger partial charge in [-0.2, -0.15) is 0 Å². The summed E-state index contributed by atoms with van der Waals surface area (Å²) in [4.78, 5) is 10.6. The summed E-state index contributed by atoms with van der Waals surface area (Å²) >= 11 is 0. The van der Waals surface area contributed by atoms with Crippen molar-refractivity contribution >= 4 is 5.69 Å². The molecule has 1 aromatic rings. The third kappa shape index (κ3) is 3.85. The molecule has 1 aliphatic carbocycles. The first-order valence-corrected chi connectivity index (χ1v) is 7.43. The Balaban J connectivity index is 2.14. The van der Waals surface area contributed by atoms with Gasteiger partial charge in [-0.05, 0) is 38.3 Å². The van der Waals surface area contributed by atoms with Gasteiger partial charge < -0.3 is 15.2 Å². The van der Waals surface area contributed by atoms with E-state index in [1.165, 1.54) is 6.07 Å². The summed E-state index contributed by atoms with van der Waals surface area (Å²) in [6.45, 7) is 3.01. The molecule has 0 heterocycles. The number of nitro groups is 1. The van der Waals surface area contributed by atoms with Crippen LogP contribution in [0.25, 0.3) is 0 Å². The summed E-state index contributed by atoms with van der Waals surface area (Å²) in [7, 11) is 0. The Labute approximate surface area is 124 Å². The Hall–Kier alpha value is -1.82. The van der Waals surface area contributed by atoms with Crippen molar-refractivity contribution in [3.63, 3.8) is 0 Å². The molecule has 0 saturated heterocycles. The maximum Gasteiger partial charge on any atom is 0.311 e. The van der Waals surface area contributed by atoms with Crippen LogP contribution in [0.2, 0.25) is 0 Å². The van der Waals surface area contributed by atoms with E-state index in [1.54, 1.807) is 12.1 Å². The molecule has 2 atom stereocenters. The molecule has 0 bridgehead atoms. The van der Waals surface area contributed by atoms with Gasteiger partial charge >= 0.3 is 5.69 Å². The number of rotatable bonds is 7. The summed E-state index contributed by atoms with van der Waals surface area (Å²) in [6.07, 6.45) is 4.05. The molecule has 0 aromatic heterocycles. The van der Waals surface area contributed by atoms with E-state index in [4.69, 9.17) is 15.2 Å². The van der Waals surface area contributed by atoms with Gasteiger partial charge in [-0.1, -0.05) is 6.92 Å². The summed E-state index contributed by atoms with van der Waals surface area (Å²) in [5.74, 6) is 1.24. The highest BCUT2D eigenvalue weighted by Gasteiger charge is 2.28. The molecule has 0 radical (unpaired) electrons. The Morgan fingerprint density at radius 1 is 1.43 bits per heavy atom. The summed E-state index contributed by atoms with van der Waals surface area (Å²) in [5, 5.41) is 11.0. The van der Waals surface area contributed by atoms with Gasteiger partial charge in [0, 0.05) is 18.1 Å². The molecular weight excluding hydrogens is 272 g/mol. The number of nitrogens with two attached hydrogens (primary N) is 1. The first kappa shape index (κ1) is 15.6. The Kier molecular flexibility index (Phi) is 5.38. The molecule has 2 unspecified atom stereocenters. The molecule has 1 aliphatic rings. The van der Waals surface area contributed by atoms with E-state index in [9.17, 15) is 10.1 Å². The van der Waals surface area contributed by atoms with Gasteiger partial charge in [0.1, 0.15) is 11.9 Å². The topological polar surface area (TPSA) is 87.6 Å². The molecular formula is C15H22N2O4. The van der Waals surface area contributed by atoms with Crippen molar-refractivity contribution in [3.05, 3.63) is 28.3 Å². The van der Waals surface area contributed by atoms with Crippen LogP contribution in [0.5, 0.6) is 11.5 Å². The molecule has 2 rings (SSSR count). The highest BCUT2D eigenvalue weighted by atomic mass is 16.6. The number of nitrogens with zero attached hydrogens (tertiary/aromatic N) is 1. The number of benzene rings is 1. The zero-order valence-electron chi connectivity index (χ0n) is 12.3. The lowest BCUT2D eigenvalue weighted by Gasteiger charge is -2.20. The lowest BCUT2D eigenvalue weighted by Crippen LogP contribution is -2.27. The van der Waals surface area contributed by atoms with Crippen molar-refractivity contribution in [1.82, 2.24) is 0 Å². The first-order valence-electron chi connectivity index (χ1n) is 7.43. The quantitative estimate of drug-likeness (QED) is 0.617. The molecule has 1 aromatic carbocycles. The Morgan fingerprint density at radius 2 is 2.24 bits per heavy atom. The Morgan fingerprint density at radius 3 is 2.90 bits per heavy atom. The molecule has 0 aliphatic heterocycles. The minimum atomic E-state index is -0.437. The molecule has 21 heavy (non-hydrogen) atoms. The van der Waals surface area contributed by atoms with Crippen LogP contribution in [0.15, 0.2) is 18.2 Å². The van der Waals surface area contributed by atoms with Gasteiger partial charge in [-0.25, -0.2) is 0 Å². The van der Waals surface area contributed by atoms with E-state index in [2.05, 4.69) is 0 Å². The van der Waals surface area contributed by atoms with Crippen molar-refractivity contribution in [1.29, 1.82) is 0 Å². The Bertz CT molecular complexity index is 493. The van der Waals surface area contributed by atoms with E-state index >= 15 is 0 Å². The lowest BCUT2D eigenvalue weighted by molar-refractivity contribution is -0.385. The van der Waals surface area contributed by atoms with Crippen molar-refractivity contribution in [2.24, 2.45) is 11.7 Å². The van der Waals surface area contributed by atoms with Crippen LogP contribution >= 0.6 is 0 Å². The highest BCUT2D eigenvalue weighted by Crippen LogP contribution is 2.34. The summed E-state index contributed by atoms with van der Waals surface area (Å²) in [5.41, 5.74) is 5.71. The monoisotopic (exact) mass is 294 g/mol. The van der Waals surface area contributed by atoms with Crippen molar-refractivity contribution in [2.75, 3.05) is 13.2 Å². The fourth-order valence-corrected chi connectivity index (χ4v) is 2.65. The van der Waals surface area contributed by atoms with Gasteiger partial charge in [-0.3, -0.25) is 10.1 Å². The van der Waals surface area contributed by atoms with Gasteiger partial charge in [0.25, 0.3) is 0 Å². The predicted molar refractivity (Wildman–Crippen MR) is 79.7 cm³/mol. The molecule has 116 valence electrons. The molecule has 6 nitrogen and oxygen atoms in total. The van der Waals surface area contributed by atoms with Crippen molar-refractivity contribution in [3.8, 4) is 11.5 Å². The number of hydrogen-bond donors (Lipinski definition) is 1. The third-order valence-electron chi connectivity index (χ3n) is 3.77. The summed E-state index contributed by atoms with van der Waals surface area (Å²) in [6, 6.07) is 4.68. The van der Waals surface area contributed by atoms with Gasteiger partial charge in [-0.15, -0.1) is 0 Å². The number of nitro benzene ring substituents is 1. The van der Waals surface area contributed by atoms with Crippen molar-refractivity contribution in [2.45, 2.75) is 38.7 Å². The largest absolute Gasteiger partial charge is 0.490 e. The van der Waals surface area contributed by atoms with Crippen LogP contribution in [0, 0.1) is 16.0 Å². The molecule has 1 saturated carbocycles. The van der Waals surface area contributed by atoms with Gasteiger partial charge in [0.2, 0.25) is 5.75 Å². The zero-order valence-corrected chi connectivity index (χ0v) is 12.3. The zero-order chi connectivity index (χ0) is 15.2. The maximum absolute atomic E-state index is 11.0. The fraction of sp³-hybridized carbons (Fsp3) is 0.600. The van der Waals surface area contributed by atoms with E-state index in [1.807, 2.05) is 6.92 Å². The standard InChI is InChI=1S/C15H22N2O4/c1-2-8-20-15-9-12(6-7-13(15)17(18)19)21-14-5-3-4-11(14)10-16/h6-7,9,11,14H,2-5,8,10,16H2,1H3. The van der Waals surface area contributed by atoms with Crippen LogP contribution < -0.4 is 15.2 Å². The van der Waals surface area contributed by atoms with Gasteiger partial charge in [0.15, 0.2) is 0 Å². The second kappa shape index (κ2) is 7.26. The van der Waals surface area contributed by atoms with Crippen LogP contribution in [0.3, 0.4) is 0 Å². The minimum absolute atomic E-state index is 0.0300. The van der Waals surface area contributed by atoms with E-state index in [0.29, 0.717) is 24.8 Å². The normalized spacial score (nSPS) is 21.2. The van der Waals surface area contributed by atoms with Crippen LogP contribution in [0.4, 0.5) is 5.69 Å². The summed E-state index contributed by atoms with van der Waals surface area (Å²) < 4.78 is 11.4. The molecule has 0 spiro atoms. The molecule has 1 fully saturated rings. The third-order valence-corrected chi connectivity index (χ3v) is 3.77. The lowest BCUT2D eigenvalue weighted by atomic mass is 10.1. The van der Waals surface area contributed by atoms with E-state index in [-0.39, 0.29) is 17.5 Å². The molecule has 2 N–H and O–H groups in total. The SMILES string of the molecule is CCCOc1cc(OC2CCCC2CN)ccc1[N+](=O)[O-]. The first-order chi connectivity index (χ1) is 10.2. The smallest absolute Gasteiger partial charge is 0.311 e. The minimum Gasteiger partial charge on any atom is -0.490 e. The highest BCUT2D eigenvalue weighted by molar-refractivity contribution is 5.50. The molecule has 0 amide bonds. The second-order valence-electron chi connectivity index (χ2n) is 5.32. The van der Waals surface area contributed by atoms with Crippen molar-refractivity contribution < 1.29 is 14.4 Å². The van der Waals surface area contributed by atoms with E-state index < -0.39 is 4.92 Å². The average Bonchev–Trinajstić information content (AvgIpc) is 2.92. The average molecular weight is 294 g/mol. The number of ether oxygens (including phenoxy) is 2. The predicted octanol–water partition coefficient (Wildman–Crippen LogP) is 2.89. The number of hydrogen-bond acceptors (Lipinski definition) is 5. The maximum atomic E-state index is 11.0. The van der Waals surface area contributed by atoms with E-state index in [0.717, 1.165) is 25.7 Å². The van der Waals surface area contributed by atoms with Crippen LogP contribution in [-0.4, -0.2) is 24.2 Å². The second-order valence-corrected chi connectivity index (χ2v) is 5.32. The van der Waals surface area contributed by atoms with Crippen LogP contribution in [-0.2, 0) is 0 Å². The van der Waals surface area contributed by atoms with Gasteiger partial charge in [0.05, 0.1) is 11.5 Å².